The van der Waals surface area contributed by atoms with Crippen molar-refractivity contribution in [1.29, 1.82) is 0 Å². The number of nitrogens with zero attached hydrogens (tertiary/aromatic N) is 2. The van der Waals surface area contributed by atoms with Crippen molar-refractivity contribution in [2.75, 3.05) is 20.2 Å². The number of rotatable bonds is 6. The Kier molecular flexibility index (Phi) is 6.36. The Bertz CT molecular complexity index is 509. The molecule has 1 aromatic heterocycles. The number of esters is 1. The molecular formula is C16H24N2O3S. The summed E-state index contributed by atoms with van der Waals surface area (Å²) in [6, 6.07) is 0. The van der Waals surface area contributed by atoms with Crippen LogP contribution in [0.1, 0.15) is 55.6 Å². The van der Waals surface area contributed by atoms with Crippen LogP contribution in [-0.2, 0) is 20.7 Å². The van der Waals surface area contributed by atoms with Gasteiger partial charge >= 0.3 is 5.97 Å². The molecule has 122 valence electrons. The molecule has 1 amide bonds. The molecule has 0 aliphatic heterocycles. The predicted molar refractivity (Wildman–Crippen MR) is 85.9 cm³/mol. The standard InChI is InChI=1S/C16H24N2O3S/c1-3-21-16(20)10-18(2)15(19)9-14-17-13(11-22-14)12-7-5-4-6-8-12/h11-12H,3-10H2,1-2H3. The van der Waals surface area contributed by atoms with Gasteiger partial charge in [0.25, 0.3) is 0 Å². The number of carbonyl (C=O) groups excluding carboxylic acids is 2. The van der Waals surface area contributed by atoms with Crippen LogP contribution in [0.2, 0.25) is 0 Å². The van der Waals surface area contributed by atoms with Crippen LogP contribution >= 0.6 is 11.3 Å². The van der Waals surface area contributed by atoms with Gasteiger partial charge in [0, 0.05) is 18.3 Å². The molecule has 0 spiro atoms. The number of likely N-dealkylation sites (N-methyl/N-ethyl adjacent to an activating group) is 1. The van der Waals surface area contributed by atoms with Gasteiger partial charge in [-0.3, -0.25) is 9.59 Å². The number of carbonyl (C=O) groups is 2. The Balaban J connectivity index is 1.86. The Hall–Kier alpha value is -1.43. The Morgan fingerprint density at radius 3 is 2.77 bits per heavy atom. The Morgan fingerprint density at radius 2 is 2.09 bits per heavy atom. The van der Waals surface area contributed by atoms with Crippen LogP contribution in [0, 0.1) is 0 Å². The summed E-state index contributed by atoms with van der Waals surface area (Å²) >= 11 is 1.54. The molecule has 0 saturated heterocycles. The molecule has 2 rings (SSSR count). The van der Waals surface area contributed by atoms with E-state index in [4.69, 9.17) is 4.74 Å². The van der Waals surface area contributed by atoms with Gasteiger partial charge in [-0.1, -0.05) is 19.3 Å². The fourth-order valence-electron chi connectivity index (χ4n) is 2.74. The first kappa shape index (κ1) is 16.9. The molecule has 0 unspecified atom stereocenters. The molecule has 0 bridgehead atoms. The van der Waals surface area contributed by atoms with Crippen molar-refractivity contribution >= 4 is 23.2 Å². The molecule has 1 fully saturated rings. The maximum Gasteiger partial charge on any atom is 0.325 e. The highest BCUT2D eigenvalue weighted by Gasteiger charge is 2.20. The zero-order valence-corrected chi connectivity index (χ0v) is 14.2. The van der Waals surface area contributed by atoms with Crippen LogP contribution in [0.25, 0.3) is 0 Å². The number of aromatic nitrogens is 1. The van der Waals surface area contributed by atoms with E-state index in [9.17, 15) is 9.59 Å². The quantitative estimate of drug-likeness (QED) is 0.755. The monoisotopic (exact) mass is 324 g/mol. The largest absolute Gasteiger partial charge is 0.465 e. The van der Waals surface area contributed by atoms with Gasteiger partial charge in [0.15, 0.2) is 0 Å². The molecule has 0 radical (unpaired) electrons. The van der Waals surface area contributed by atoms with Gasteiger partial charge in [-0.25, -0.2) is 4.98 Å². The van der Waals surface area contributed by atoms with Gasteiger partial charge in [-0.15, -0.1) is 11.3 Å². The molecule has 0 atom stereocenters. The highest BCUT2D eigenvalue weighted by Crippen LogP contribution is 2.33. The molecule has 1 saturated carbocycles. The van der Waals surface area contributed by atoms with E-state index < -0.39 is 0 Å². The lowest BCUT2D eigenvalue weighted by molar-refractivity contribution is -0.147. The van der Waals surface area contributed by atoms with Gasteiger partial charge in [-0.05, 0) is 19.8 Å². The second-order valence-corrected chi connectivity index (χ2v) is 6.68. The van der Waals surface area contributed by atoms with Crippen LogP contribution in [0.5, 0.6) is 0 Å². The summed E-state index contributed by atoms with van der Waals surface area (Å²) in [7, 11) is 1.62. The summed E-state index contributed by atoms with van der Waals surface area (Å²) in [5.41, 5.74) is 1.14. The van der Waals surface area contributed by atoms with Gasteiger partial charge in [-0.2, -0.15) is 0 Å². The lowest BCUT2D eigenvalue weighted by Crippen LogP contribution is -2.34. The molecule has 0 aromatic carbocycles. The van der Waals surface area contributed by atoms with Crippen molar-refractivity contribution in [3.8, 4) is 0 Å². The maximum absolute atomic E-state index is 12.1. The van der Waals surface area contributed by atoms with Gasteiger partial charge in [0.2, 0.25) is 5.91 Å². The average molecular weight is 324 g/mol. The Morgan fingerprint density at radius 1 is 1.36 bits per heavy atom. The molecule has 1 aliphatic rings. The summed E-state index contributed by atoms with van der Waals surface area (Å²) in [6.45, 7) is 2.08. The van der Waals surface area contributed by atoms with E-state index in [1.807, 2.05) is 0 Å². The van der Waals surface area contributed by atoms with E-state index in [1.165, 1.54) is 37.0 Å². The summed E-state index contributed by atoms with van der Waals surface area (Å²) in [5, 5.41) is 2.92. The number of hydrogen-bond acceptors (Lipinski definition) is 5. The third-order valence-electron chi connectivity index (χ3n) is 3.99. The van der Waals surface area contributed by atoms with Crippen LogP contribution in [0.4, 0.5) is 0 Å². The summed E-state index contributed by atoms with van der Waals surface area (Å²) in [5.74, 6) is 0.0871. The first-order valence-electron chi connectivity index (χ1n) is 7.94. The van der Waals surface area contributed by atoms with Crippen molar-refractivity contribution < 1.29 is 14.3 Å². The second kappa shape index (κ2) is 8.27. The van der Waals surface area contributed by atoms with Crippen molar-refractivity contribution in [1.82, 2.24) is 9.88 Å². The van der Waals surface area contributed by atoms with Crippen molar-refractivity contribution in [2.45, 2.75) is 51.4 Å². The zero-order valence-electron chi connectivity index (χ0n) is 13.3. The van der Waals surface area contributed by atoms with E-state index in [1.54, 1.807) is 25.3 Å². The molecule has 5 nitrogen and oxygen atoms in total. The van der Waals surface area contributed by atoms with Gasteiger partial charge in [0.1, 0.15) is 11.6 Å². The highest BCUT2D eigenvalue weighted by atomic mass is 32.1. The molecule has 6 heteroatoms. The summed E-state index contributed by atoms with van der Waals surface area (Å²) in [4.78, 5) is 29.5. The first-order valence-corrected chi connectivity index (χ1v) is 8.82. The molecule has 1 heterocycles. The summed E-state index contributed by atoms with van der Waals surface area (Å²) < 4.78 is 4.85. The van der Waals surface area contributed by atoms with Crippen molar-refractivity contribution in [3.63, 3.8) is 0 Å². The molecular weight excluding hydrogens is 300 g/mol. The minimum absolute atomic E-state index is 0.00642. The number of thiazole rings is 1. The molecule has 1 aromatic rings. The first-order chi connectivity index (χ1) is 10.6. The second-order valence-electron chi connectivity index (χ2n) is 5.73. The molecule has 0 N–H and O–H groups in total. The lowest BCUT2D eigenvalue weighted by Gasteiger charge is -2.19. The number of amides is 1. The van der Waals surface area contributed by atoms with Crippen molar-refractivity contribution in [3.05, 3.63) is 16.1 Å². The fraction of sp³-hybridized carbons (Fsp3) is 0.688. The summed E-state index contributed by atoms with van der Waals surface area (Å²) in [6.07, 6.45) is 6.55. The minimum atomic E-state index is -0.375. The van der Waals surface area contributed by atoms with Crippen molar-refractivity contribution in [2.24, 2.45) is 0 Å². The topological polar surface area (TPSA) is 59.5 Å². The average Bonchev–Trinajstić information content (AvgIpc) is 2.96. The normalized spacial score (nSPS) is 15.5. The van der Waals surface area contributed by atoms with E-state index >= 15 is 0 Å². The van der Waals surface area contributed by atoms with Crippen LogP contribution < -0.4 is 0 Å². The molecule has 1 aliphatic carbocycles. The third-order valence-corrected chi connectivity index (χ3v) is 4.86. The van der Waals surface area contributed by atoms with Crippen LogP contribution in [0.15, 0.2) is 5.38 Å². The minimum Gasteiger partial charge on any atom is -0.465 e. The van der Waals surface area contributed by atoms with E-state index in [0.29, 0.717) is 12.5 Å². The van der Waals surface area contributed by atoms with E-state index in [2.05, 4.69) is 10.4 Å². The van der Waals surface area contributed by atoms with Gasteiger partial charge < -0.3 is 9.64 Å². The van der Waals surface area contributed by atoms with Gasteiger partial charge in [0.05, 0.1) is 18.7 Å². The van der Waals surface area contributed by atoms with Crippen LogP contribution in [-0.4, -0.2) is 42.0 Å². The third kappa shape index (κ3) is 4.80. The predicted octanol–water partition coefficient (Wildman–Crippen LogP) is 2.75. The maximum atomic E-state index is 12.1. The van der Waals surface area contributed by atoms with Crippen LogP contribution in [0.3, 0.4) is 0 Å². The number of hydrogen-bond donors (Lipinski definition) is 0. The Labute approximate surface area is 135 Å². The lowest BCUT2D eigenvalue weighted by atomic mass is 9.87. The van der Waals surface area contributed by atoms with E-state index in [0.717, 1.165) is 10.7 Å². The molecule has 22 heavy (non-hydrogen) atoms. The SMILES string of the molecule is CCOC(=O)CN(C)C(=O)Cc1nc(C2CCCCC2)cs1. The number of ether oxygens (including phenoxy) is 1. The van der Waals surface area contributed by atoms with E-state index in [-0.39, 0.29) is 24.8 Å². The smallest absolute Gasteiger partial charge is 0.325 e. The zero-order chi connectivity index (χ0) is 15.9. The highest BCUT2D eigenvalue weighted by molar-refractivity contribution is 7.09. The fourth-order valence-corrected chi connectivity index (χ4v) is 3.61.